The Bertz CT molecular complexity index is 910. The molecule has 2 aliphatic rings. The first-order valence-electron chi connectivity index (χ1n) is 9.57. The molecular weight excluding hydrogens is 340 g/mol. The summed E-state index contributed by atoms with van der Waals surface area (Å²) in [6, 6.07) is 10.7. The zero-order valence-corrected chi connectivity index (χ0v) is 15.5. The summed E-state index contributed by atoms with van der Waals surface area (Å²) in [4.78, 5) is 17.9. The molecule has 0 atom stereocenters. The number of nitriles is 1. The van der Waals surface area contributed by atoms with E-state index in [1.165, 1.54) is 12.8 Å². The first-order chi connectivity index (χ1) is 13.0. The number of hydrogen-bond acceptors (Lipinski definition) is 5. The molecule has 1 aromatic carbocycles. The second-order valence-electron chi connectivity index (χ2n) is 7.82. The standard InChI is InChI=1S/C21H24N4O2/c1-13-17-4-2-3-5-19(17)24-21(18(13)10-22)23-15-8-16(9-15)25(12-20(26)27)11-14-6-7-14/h2-5,14-16H,6-9,11-12H2,1H3,(H,23,24)(H,26,27). The highest BCUT2D eigenvalue weighted by Crippen LogP contribution is 2.35. The Morgan fingerprint density at radius 2 is 2.11 bits per heavy atom. The van der Waals surface area contributed by atoms with Gasteiger partial charge in [-0.2, -0.15) is 5.26 Å². The summed E-state index contributed by atoms with van der Waals surface area (Å²) >= 11 is 0. The number of aliphatic carboxylic acids is 1. The molecule has 6 nitrogen and oxygen atoms in total. The fourth-order valence-corrected chi connectivity index (χ4v) is 3.96. The van der Waals surface area contributed by atoms with Crippen LogP contribution in [0.4, 0.5) is 5.82 Å². The van der Waals surface area contributed by atoms with E-state index in [1.807, 2.05) is 31.2 Å². The molecule has 0 bridgehead atoms. The van der Waals surface area contributed by atoms with Crippen molar-refractivity contribution in [3.63, 3.8) is 0 Å². The van der Waals surface area contributed by atoms with Crippen molar-refractivity contribution < 1.29 is 9.90 Å². The number of benzene rings is 1. The zero-order valence-electron chi connectivity index (χ0n) is 15.5. The molecule has 2 saturated carbocycles. The van der Waals surface area contributed by atoms with Crippen LogP contribution in [0.1, 0.15) is 36.8 Å². The summed E-state index contributed by atoms with van der Waals surface area (Å²) in [7, 11) is 0. The lowest BCUT2D eigenvalue weighted by Gasteiger charge is -2.43. The van der Waals surface area contributed by atoms with Crippen LogP contribution in [0.2, 0.25) is 0 Å². The minimum Gasteiger partial charge on any atom is -0.480 e. The quantitative estimate of drug-likeness (QED) is 0.784. The van der Waals surface area contributed by atoms with Crippen molar-refractivity contribution in [2.75, 3.05) is 18.4 Å². The summed E-state index contributed by atoms with van der Waals surface area (Å²) in [5, 5.41) is 23.2. The van der Waals surface area contributed by atoms with Crippen LogP contribution >= 0.6 is 0 Å². The third kappa shape index (κ3) is 3.74. The van der Waals surface area contributed by atoms with E-state index in [0.29, 0.717) is 23.3 Å². The molecule has 2 N–H and O–H groups in total. The monoisotopic (exact) mass is 364 g/mol. The Morgan fingerprint density at radius 3 is 2.78 bits per heavy atom. The molecule has 1 heterocycles. The number of fused-ring (bicyclic) bond motifs is 1. The third-order valence-corrected chi connectivity index (χ3v) is 5.76. The van der Waals surface area contributed by atoms with Gasteiger partial charge in [-0.25, -0.2) is 4.98 Å². The molecule has 0 spiro atoms. The van der Waals surface area contributed by atoms with Gasteiger partial charge in [-0.15, -0.1) is 0 Å². The van der Waals surface area contributed by atoms with Crippen LogP contribution in [-0.4, -0.2) is 46.1 Å². The van der Waals surface area contributed by atoms with Gasteiger partial charge in [0.1, 0.15) is 11.9 Å². The predicted molar refractivity (Wildman–Crippen MR) is 104 cm³/mol. The van der Waals surface area contributed by atoms with E-state index in [-0.39, 0.29) is 12.6 Å². The Kier molecular flexibility index (Phi) is 4.71. The summed E-state index contributed by atoms with van der Waals surface area (Å²) in [5.74, 6) is 0.557. The number of aromatic nitrogens is 1. The maximum Gasteiger partial charge on any atom is 0.317 e. The van der Waals surface area contributed by atoms with Crippen LogP contribution in [0.15, 0.2) is 24.3 Å². The lowest BCUT2D eigenvalue weighted by atomic mass is 9.85. The number of carbonyl (C=O) groups is 1. The molecule has 0 radical (unpaired) electrons. The molecule has 140 valence electrons. The van der Waals surface area contributed by atoms with Gasteiger partial charge >= 0.3 is 5.97 Å². The molecular formula is C21H24N4O2. The Hall–Kier alpha value is -2.65. The molecule has 0 aliphatic heterocycles. The van der Waals surface area contributed by atoms with E-state index in [4.69, 9.17) is 0 Å². The fraction of sp³-hybridized carbons (Fsp3) is 0.476. The summed E-state index contributed by atoms with van der Waals surface area (Å²) < 4.78 is 0. The van der Waals surface area contributed by atoms with Gasteiger partial charge in [0.25, 0.3) is 0 Å². The van der Waals surface area contributed by atoms with Gasteiger partial charge in [0.15, 0.2) is 0 Å². The lowest BCUT2D eigenvalue weighted by Crippen LogP contribution is -2.52. The number of pyridine rings is 1. The molecule has 4 rings (SSSR count). The van der Waals surface area contributed by atoms with Crippen molar-refractivity contribution in [2.24, 2.45) is 5.92 Å². The van der Waals surface area contributed by atoms with E-state index < -0.39 is 5.97 Å². The highest BCUT2D eigenvalue weighted by molar-refractivity contribution is 5.87. The number of hydrogen-bond donors (Lipinski definition) is 2. The van der Waals surface area contributed by atoms with Crippen molar-refractivity contribution in [1.82, 2.24) is 9.88 Å². The average Bonchev–Trinajstić information content (AvgIpc) is 3.41. The van der Waals surface area contributed by atoms with Crippen LogP contribution < -0.4 is 5.32 Å². The highest BCUT2D eigenvalue weighted by atomic mass is 16.4. The maximum atomic E-state index is 11.2. The number of nitrogens with zero attached hydrogens (tertiary/aromatic N) is 3. The van der Waals surface area contributed by atoms with E-state index in [2.05, 4.69) is 21.3 Å². The molecule has 2 aliphatic carbocycles. The number of anilines is 1. The molecule has 0 saturated heterocycles. The molecule has 0 amide bonds. The maximum absolute atomic E-state index is 11.2. The normalized spacial score (nSPS) is 21.7. The van der Waals surface area contributed by atoms with Gasteiger partial charge < -0.3 is 10.4 Å². The number of aryl methyl sites for hydroxylation is 1. The SMILES string of the molecule is Cc1c(C#N)c(NC2CC(N(CC(=O)O)CC3CC3)C2)nc2ccccc12. The van der Waals surface area contributed by atoms with E-state index in [1.54, 1.807) is 0 Å². The van der Waals surface area contributed by atoms with Gasteiger partial charge in [0.2, 0.25) is 0 Å². The fourth-order valence-electron chi connectivity index (χ4n) is 3.96. The van der Waals surface area contributed by atoms with Crippen LogP contribution in [0.5, 0.6) is 0 Å². The molecule has 2 fully saturated rings. The molecule has 27 heavy (non-hydrogen) atoms. The van der Waals surface area contributed by atoms with Crippen molar-refractivity contribution in [1.29, 1.82) is 5.26 Å². The molecule has 2 aromatic rings. The van der Waals surface area contributed by atoms with Crippen molar-refractivity contribution >= 4 is 22.7 Å². The Morgan fingerprint density at radius 1 is 1.37 bits per heavy atom. The van der Waals surface area contributed by atoms with Crippen molar-refractivity contribution in [3.8, 4) is 6.07 Å². The van der Waals surface area contributed by atoms with Crippen molar-refractivity contribution in [2.45, 2.75) is 44.7 Å². The minimum atomic E-state index is -0.759. The Balaban J connectivity index is 1.46. The predicted octanol–water partition coefficient (Wildman–Crippen LogP) is 3.15. The number of carboxylic acid groups (broad SMARTS) is 1. The third-order valence-electron chi connectivity index (χ3n) is 5.76. The second kappa shape index (κ2) is 7.16. The number of para-hydroxylation sites is 1. The molecule has 0 unspecified atom stereocenters. The van der Waals surface area contributed by atoms with Gasteiger partial charge in [0.05, 0.1) is 17.6 Å². The number of nitrogens with one attached hydrogen (secondary N) is 1. The van der Waals surface area contributed by atoms with Gasteiger partial charge in [0, 0.05) is 24.0 Å². The summed E-state index contributed by atoms with van der Waals surface area (Å²) in [6.07, 6.45) is 4.21. The van der Waals surface area contributed by atoms with E-state index in [9.17, 15) is 15.2 Å². The second-order valence-corrected chi connectivity index (χ2v) is 7.82. The first-order valence-corrected chi connectivity index (χ1v) is 9.57. The number of rotatable bonds is 7. The molecule has 6 heteroatoms. The first kappa shape index (κ1) is 17.7. The highest BCUT2D eigenvalue weighted by Gasteiger charge is 2.37. The van der Waals surface area contributed by atoms with Crippen LogP contribution in [0, 0.1) is 24.2 Å². The smallest absolute Gasteiger partial charge is 0.317 e. The minimum absolute atomic E-state index is 0.116. The van der Waals surface area contributed by atoms with E-state index in [0.717, 1.165) is 35.9 Å². The topological polar surface area (TPSA) is 89.2 Å². The largest absolute Gasteiger partial charge is 0.480 e. The van der Waals surface area contributed by atoms with Crippen LogP contribution in [-0.2, 0) is 4.79 Å². The lowest BCUT2D eigenvalue weighted by molar-refractivity contribution is -0.139. The Labute approximate surface area is 158 Å². The van der Waals surface area contributed by atoms with E-state index >= 15 is 0 Å². The summed E-state index contributed by atoms with van der Waals surface area (Å²) in [5.41, 5.74) is 2.42. The molecule has 1 aromatic heterocycles. The van der Waals surface area contributed by atoms with Gasteiger partial charge in [-0.1, -0.05) is 18.2 Å². The van der Waals surface area contributed by atoms with Crippen LogP contribution in [0.3, 0.4) is 0 Å². The zero-order chi connectivity index (χ0) is 19.0. The van der Waals surface area contributed by atoms with Crippen LogP contribution in [0.25, 0.3) is 10.9 Å². The van der Waals surface area contributed by atoms with Gasteiger partial charge in [-0.3, -0.25) is 9.69 Å². The van der Waals surface area contributed by atoms with Crippen molar-refractivity contribution in [3.05, 3.63) is 35.4 Å². The summed E-state index contributed by atoms with van der Waals surface area (Å²) in [6.45, 7) is 2.96. The average molecular weight is 364 g/mol. The number of carboxylic acids is 1. The van der Waals surface area contributed by atoms with Gasteiger partial charge in [-0.05, 0) is 50.2 Å².